The zero-order chi connectivity index (χ0) is 20.6. The highest BCUT2D eigenvalue weighted by atomic mass is 32.2. The highest BCUT2D eigenvalue weighted by Crippen LogP contribution is 2.30. The summed E-state index contributed by atoms with van der Waals surface area (Å²) in [6.07, 6.45) is 1.77. The smallest absolute Gasteiger partial charge is 0.234 e. The first-order valence-corrected chi connectivity index (χ1v) is 10.9. The van der Waals surface area contributed by atoms with Crippen LogP contribution in [0.5, 0.6) is 0 Å². The molecule has 1 amide bonds. The summed E-state index contributed by atoms with van der Waals surface area (Å²) in [5, 5.41) is 11.8. The van der Waals surface area contributed by atoms with Crippen LogP contribution in [0.4, 0.5) is 10.1 Å². The lowest BCUT2D eigenvalue weighted by atomic mass is 10.2. The van der Waals surface area contributed by atoms with E-state index < -0.39 is 0 Å². The number of hydrogen-bond acceptors (Lipinski definition) is 5. The maximum absolute atomic E-state index is 13.1. The van der Waals surface area contributed by atoms with Crippen molar-refractivity contribution >= 4 is 35.1 Å². The molecule has 3 rings (SSSR count). The Hall–Kier alpha value is -2.58. The van der Waals surface area contributed by atoms with E-state index in [2.05, 4.69) is 22.1 Å². The molecule has 0 spiro atoms. The first kappa shape index (κ1) is 21.1. The summed E-state index contributed by atoms with van der Waals surface area (Å²) in [5.41, 5.74) is 1.78. The third kappa shape index (κ3) is 5.95. The number of anilines is 1. The van der Waals surface area contributed by atoms with Gasteiger partial charge in [-0.1, -0.05) is 42.1 Å². The van der Waals surface area contributed by atoms with Crippen LogP contribution in [0.3, 0.4) is 0 Å². The van der Waals surface area contributed by atoms with Gasteiger partial charge in [-0.15, -0.1) is 28.5 Å². The summed E-state index contributed by atoms with van der Waals surface area (Å²) in [6.45, 7) is 6.21. The average molecular weight is 429 g/mol. The van der Waals surface area contributed by atoms with Crippen LogP contribution in [0, 0.1) is 12.7 Å². The highest BCUT2D eigenvalue weighted by Gasteiger charge is 2.12. The minimum Gasteiger partial charge on any atom is -0.324 e. The third-order valence-electron chi connectivity index (χ3n) is 4.01. The fourth-order valence-corrected chi connectivity index (χ4v) is 4.32. The molecule has 0 aliphatic carbocycles. The van der Waals surface area contributed by atoms with Gasteiger partial charge < -0.3 is 9.88 Å². The van der Waals surface area contributed by atoms with Crippen molar-refractivity contribution < 1.29 is 9.18 Å². The van der Waals surface area contributed by atoms with Crippen molar-refractivity contribution in [3.63, 3.8) is 0 Å². The van der Waals surface area contributed by atoms with Crippen LogP contribution in [0.25, 0.3) is 0 Å². The summed E-state index contributed by atoms with van der Waals surface area (Å²) >= 11 is 2.93. The molecule has 1 N–H and O–H groups in total. The van der Waals surface area contributed by atoms with E-state index in [0.29, 0.717) is 17.5 Å². The molecule has 1 aromatic heterocycles. The fraction of sp³-hybridized carbons (Fsp3) is 0.190. The van der Waals surface area contributed by atoms with Gasteiger partial charge in [-0.25, -0.2) is 4.39 Å². The van der Waals surface area contributed by atoms with Gasteiger partial charge in [0.05, 0.1) is 11.4 Å². The van der Waals surface area contributed by atoms with Gasteiger partial charge in [0.25, 0.3) is 0 Å². The quantitative estimate of drug-likeness (QED) is 0.387. The molecule has 0 aliphatic heterocycles. The van der Waals surface area contributed by atoms with Crippen LogP contribution < -0.4 is 5.32 Å². The molecule has 3 aromatic rings. The van der Waals surface area contributed by atoms with Gasteiger partial charge in [0.1, 0.15) is 11.6 Å². The number of aromatic nitrogens is 3. The molecule has 0 saturated heterocycles. The molecule has 0 aliphatic rings. The Bertz CT molecular complexity index is 989. The van der Waals surface area contributed by atoms with Crippen LogP contribution in [0.15, 0.2) is 71.2 Å². The number of carbonyl (C=O) groups excluding carboxylic acids is 1. The van der Waals surface area contributed by atoms with Crippen molar-refractivity contribution in [1.29, 1.82) is 0 Å². The van der Waals surface area contributed by atoms with Crippen LogP contribution in [-0.2, 0) is 17.1 Å². The second-order valence-corrected chi connectivity index (χ2v) is 8.14. The van der Waals surface area contributed by atoms with Gasteiger partial charge in [0.2, 0.25) is 5.91 Å². The highest BCUT2D eigenvalue weighted by molar-refractivity contribution is 7.99. The van der Waals surface area contributed by atoms with Gasteiger partial charge in [-0.3, -0.25) is 4.79 Å². The maximum atomic E-state index is 13.1. The first-order valence-electron chi connectivity index (χ1n) is 8.96. The lowest BCUT2D eigenvalue weighted by Crippen LogP contribution is -2.15. The van der Waals surface area contributed by atoms with Crippen molar-refractivity contribution in [2.45, 2.75) is 29.3 Å². The molecule has 2 aromatic carbocycles. The first-order chi connectivity index (χ1) is 14.1. The number of rotatable bonds is 9. The van der Waals surface area contributed by atoms with E-state index in [0.717, 1.165) is 22.0 Å². The normalized spacial score (nSPS) is 10.7. The molecule has 1 heterocycles. The molecule has 0 unspecified atom stereocenters. The number of amides is 1. The monoisotopic (exact) mass is 428 g/mol. The Labute approximate surface area is 177 Å². The van der Waals surface area contributed by atoms with Crippen LogP contribution in [0.1, 0.15) is 11.4 Å². The minimum absolute atomic E-state index is 0.115. The largest absolute Gasteiger partial charge is 0.324 e. The molecule has 0 atom stereocenters. The Balaban J connectivity index is 1.59. The number of thioether (sulfide) groups is 2. The number of hydrogen-bond donors (Lipinski definition) is 1. The zero-order valence-electron chi connectivity index (χ0n) is 16.0. The molecule has 0 fully saturated rings. The number of carbonyl (C=O) groups is 1. The number of benzene rings is 2. The lowest BCUT2D eigenvalue weighted by Gasteiger charge is -2.11. The molecule has 150 valence electrons. The summed E-state index contributed by atoms with van der Waals surface area (Å²) in [7, 11) is 0. The van der Waals surface area contributed by atoms with E-state index in [9.17, 15) is 9.18 Å². The molecule has 29 heavy (non-hydrogen) atoms. The van der Waals surface area contributed by atoms with Crippen molar-refractivity contribution in [1.82, 2.24) is 14.8 Å². The van der Waals surface area contributed by atoms with E-state index in [-0.39, 0.29) is 17.5 Å². The summed E-state index contributed by atoms with van der Waals surface area (Å²) in [6, 6.07) is 14.1. The van der Waals surface area contributed by atoms with E-state index in [1.165, 1.54) is 23.9 Å². The van der Waals surface area contributed by atoms with E-state index in [1.54, 1.807) is 30.0 Å². The molecule has 0 radical (unpaired) electrons. The van der Waals surface area contributed by atoms with Gasteiger partial charge >= 0.3 is 0 Å². The number of aryl methyl sites for hydroxylation is 1. The predicted molar refractivity (Wildman–Crippen MR) is 117 cm³/mol. The van der Waals surface area contributed by atoms with E-state index >= 15 is 0 Å². The minimum atomic E-state index is -0.247. The number of para-hydroxylation sites is 1. The van der Waals surface area contributed by atoms with Gasteiger partial charge in [0, 0.05) is 17.2 Å². The Morgan fingerprint density at radius 2 is 1.93 bits per heavy atom. The molecular formula is C21H21FN4OS2. The molecule has 5 nitrogen and oxygen atoms in total. The Kier molecular flexibility index (Phi) is 7.48. The van der Waals surface area contributed by atoms with Crippen molar-refractivity contribution in [3.8, 4) is 0 Å². The average Bonchev–Trinajstić information content (AvgIpc) is 3.07. The van der Waals surface area contributed by atoms with Gasteiger partial charge in [0.15, 0.2) is 5.16 Å². The number of halogens is 1. The summed E-state index contributed by atoms with van der Waals surface area (Å²) in [5.74, 6) is 1.34. The SMILES string of the molecule is C=CCn1c(C)nnc1SCC(=O)Nc1ccccc1SCc1ccc(F)cc1. The second kappa shape index (κ2) is 10.3. The topological polar surface area (TPSA) is 59.8 Å². The summed E-state index contributed by atoms with van der Waals surface area (Å²) < 4.78 is 15.0. The van der Waals surface area contributed by atoms with Crippen LogP contribution in [0.2, 0.25) is 0 Å². The van der Waals surface area contributed by atoms with Gasteiger partial charge in [-0.2, -0.15) is 0 Å². The molecule has 0 saturated carbocycles. The molecular weight excluding hydrogens is 407 g/mol. The van der Waals surface area contributed by atoms with E-state index in [4.69, 9.17) is 0 Å². The fourth-order valence-electron chi connectivity index (χ4n) is 2.56. The summed E-state index contributed by atoms with van der Waals surface area (Å²) in [4.78, 5) is 13.4. The van der Waals surface area contributed by atoms with Crippen LogP contribution >= 0.6 is 23.5 Å². The van der Waals surface area contributed by atoms with Crippen molar-refractivity contribution in [2.24, 2.45) is 0 Å². The Morgan fingerprint density at radius 3 is 2.69 bits per heavy atom. The third-order valence-corrected chi connectivity index (χ3v) is 6.13. The predicted octanol–water partition coefficient (Wildman–Crippen LogP) is 4.93. The van der Waals surface area contributed by atoms with E-state index in [1.807, 2.05) is 35.8 Å². The molecule has 8 heteroatoms. The number of allylic oxidation sites excluding steroid dienone is 1. The Morgan fingerprint density at radius 1 is 1.17 bits per heavy atom. The second-order valence-electron chi connectivity index (χ2n) is 6.18. The standard InChI is InChI=1S/C21H21FN4OS2/c1-3-12-26-15(2)24-25-21(26)29-14-20(27)23-18-6-4-5-7-19(18)28-13-16-8-10-17(22)11-9-16/h3-11H,1,12-14H2,2H3,(H,23,27). The molecule has 0 bridgehead atoms. The number of nitrogens with zero attached hydrogens (tertiary/aromatic N) is 3. The lowest BCUT2D eigenvalue weighted by molar-refractivity contribution is -0.113. The van der Waals surface area contributed by atoms with Crippen LogP contribution in [-0.4, -0.2) is 26.4 Å². The maximum Gasteiger partial charge on any atom is 0.234 e. The van der Waals surface area contributed by atoms with Crippen molar-refractivity contribution in [2.75, 3.05) is 11.1 Å². The van der Waals surface area contributed by atoms with Gasteiger partial charge in [-0.05, 0) is 36.8 Å². The van der Waals surface area contributed by atoms with Crippen molar-refractivity contribution in [3.05, 3.63) is 78.4 Å². The number of nitrogens with one attached hydrogen (secondary N) is 1. The zero-order valence-corrected chi connectivity index (χ0v) is 17.6.